The number of aromatic hydroxyl groups is 1. The van der Waals surface area contributed by atoms with E-state index in [9.17, 15) is 5.11 Å². The van der Waals surface area contributed by atoms with Crippen molar-refractivity contribution in [2.45, 2.75) is 37.7 Å². The third kappa shape index (κ3) is 2.72. The molecule has 1 aromatic carbocycles. The summed E-state index contributed by atoms with van der Waals surface area (Å²) < 4.78 is 10.5. The Labute approximate surface area is 102 Å². The van der Waals surface area contributed by atoms with Crippen molar-refractivity contribution in [2.75, 3.05) is 14.2 Å². The molecular formula is C14H20O3. The van der Waals surface area contributed by atoms with Gasteiger partial charge in [0, 0.05) is 7.11 Å². The van der Waals surface area contributed by atoms with E-state index < -0.39 is 0 Å². The largest absolute Gasteiger partial charge is 0.504 e. The normalized spacial score (nSPS) is 24.6. The number of ether oxygens (including phenoxy) is 2. The van der Waals surface area contributed by atoms with E-state index in [1.54, 1.807) is 20.3 Å². The van der Waals surface area contributed by atoms with Crippen molar-refractivity contribution in [1.29, 1.82) is 0 Å². The Kier molecular flexibility index (Phi) is 3.89. The zero-order valence-electron chi connectivity index (χ0n) is 10.5. The van der Waals surface area contributed by atoms with Crippen LogP contribution in [0, 0.1) is 0 Å². The summed E-state index contributed by atoms with van der Waals surface area (Å²) in [6.07, 6.45) is 4.94. The Morgan fingerprint density at radius 2 is 1.82 bits per heavy atom. The lowest BCUT2D eigenvalue weighted by Gasteiger charge is -2.28. The fraction of sp³-hybridized carbons (Fsp3) is 0.571. The van der Waals surface area contributed by atoms with Crippen molar-refractivity contribution in [3.63, 3.8) is 0 Å². The van der Waals surface area contributed by atoms with Gasteiger partial charge >= 0.3 is 0 Å². The van der Waals surface area contributed by atoms with Gasteiger partial charge in [0.1, 0.15) is 0 Å². The maximum absolute atomic E-state index is 9.57. The molecule has 1 aliphatic carbocycles. The van der Waals surface area contributed by atoms with E-state index in [0.717, 1.165) is 25.7 Å². The molecule has 3 heteroatoms. The fourth-order valence-electron chi connectivity index (χ4n) is 2.58. The van der Waals surface area contributed by atoms with Crippen molar-refractivity contribution >= 4 is 0 Å². The molecule has 1 saturated carbocycles. The van der Waals surface area contributed by atoms with Crippen LogP contribution in [-0.2, 0) is 4.74 Å². The van der Waals surface area contributed by atoms with Crippen LogP contribution >= 0.6 is 0 Å². The van der Waals surface area contributed by atoms with E-state index in [2.05, 4.69) is 0 Å². The van der Waals surface area contributed by atoms with Crippen molar-refractivity contribution in [2.24, 2.45) is 0 Å². The predicted molar refractivity (Wildman–Crippen MR) is 66.7 cm³/mol. The number of phenols is 1. The van der Waals surface area contributed by atoms with Crippen LogP contribution in [0.4, 0.5) is 0 Å². The summed E-state index contributed by atoms with van der Waals surface area (Å²) in [6.45, 7) is 0. The van der Waals surface area contributed by atoms with E-state index >= 15 is 0 Å². The Morgan fingerprint density at radius 1 is 1.12 bits per heavy atom. The first-order valence-electron chi connectivity index (χ1n) is 6.14. The highest BCUT2D eigenvalue weighted by molar-refractivity contribution is 5.42. The molecule has 0 aliphatic heterocycles. The summed E-state index contributed by atoms with van der Waals surface area (Å²) in [7, 11) is 3.37. The van der Waals surface area contributed by atoms with E-state index in [-0.39, 0.29) is 5.75 Å². The van der Waals surface area contributed by atoms with E-state index in [0.29, 0.717) is 17.8 Å². The molecule has 0 spiro atoms. The number of methoxy groups -OCH3 is 2. The van der Waals surface area contributed by atoms with E-state index in [1.165, 1.54) is 5.56 Å². The quantitative estimate of drug-likeness (QED) is 0.876. The monoisotopic (exact) mass is 236 g/mol. The highest BCUT2D eigenvalue weighted by atomic mass is 16.5. The Bertz CT molecular complexity index is 368. The maximum Gasteiger partial charge on any atom is 0.160 e. The lowest BCUT2D eigenvalue weighted by molar-refractivity contribution is 0.0658. The molecule has 1 N–H and O–H groups in total. The fourth-order valence-corrected chi connectivity index (χ4v) is 2.58. The molecule has 1 aromatic rings. The van der Waals surface area contributed by atoms with Crippen molar-refractivity contribution < 1.29 is 14.6 Å². The second-order valence-corrected chi connectivity index (χ2v) is 4.64. The van der Waals surface area contributed by atoms with Crippen molar-refractivity contribution in [1.82, 2.24) is 0 Å². The van der Waals surface area contributed by atoms with Gasteiger partial charge in [-0.2, -0.15) is 0 Å². The lowest BCUT2D eigenvalue weighted by atomic mass is 9.82. The minimum absolute atomic E-state index is 0.210. The molecule has 17 heavy (non-hydrogen) atoms. The van der Waals surface area contributed by atoms with E-state index in [4.69, 9.17) is 9.47 Å². The number of phenolic OH excluding ortho intramolecular Hbond substituents is 1. The molecule has 0 bridgehead atoms. The average molecular weight is 236 g/mol. The summed E-state index contributed by atoms with van der Waals surface area (Å²) in [5.74, 6) is 1.34. The van der Waals surface area contributed by atoms with E-state index in [1.807, 2.05) is 12.1 Å². The third-order valence-corrected chi connectivity index (χ3v) is 3.68. The van der Waals surface area contributed by atoms with Crippen molar-refractivity contribution in [3.05, 3.63) is 23.8 Å². The Hall–Kier alpha value is -1.22. The smallest absolute Gasteiger partial charge is 0.160 e. The highest BCUT2D eigenvalue weighted by Gasteiger charge is 2.22. The summed E-state index contributed by atoms with van der Waals surface area (Å²) in [5, 5.41) is 9.57. The highest BCUT2D eigenvalue weighted by Crippen LogP contribution is 2.37. The molecule has 0 saturated heterocycles. The topological polar surface area (TPSA) is 38.7 Å². The van der Waals surface area contributed by atoms with Gasteiger partial charge in [0.2, 0.25) is 0 Å². The summed E-state index contributed by atoms with van der Waals surface area (Å²) in [5.41, 5.74) is 1.26. The predicted octanol–water partition coefficient (Wildman–Crippen LogP) is 3.07. The van der Waals surface area contributed by atoms with Gasteiger partial charge < -0.3 is 14.6 Å². The number of hydrogen-bond donors (Lipinski definition) is 1. The number of rotatable bonds is 3. The van der Waals surface area contributed by atoms with Crippen LogP contribution in [0.15, 0.2) is 18.2 Å². The van der Waals surface area contributed by atoms with Crippen molar-refractivity contribution in [3.8, 4) is 11.5 Å². The van der Waals surface area contributed by atoms with Crippen LogP contribution in [0.1, 0.15) is 37.2 Å². The standard InChI is InChI=1S/C14H20O3/c1-16-12-6-3-10(4-7-12)11-5-8-13(15)14(9-11)17-2/h5,8-10,12,15H,3-4,6-7H2,1-2H3. The van der Waals surface area contributed by atoms with Crippen LogP contribution in [0.3, 0.4) is 0 Å². The number of hydrogen-bond acceptors (Lipinski definition) is 3. The summed E-state index contributed by atoms with van der Waals surface area (Å²) >= 11 is 0. The van der Waals surface area contributed by atoms with Crippen LogP contribution < -0.4 is 4.74 Å². The SMILES string of the molecule is COc1cc(C2CCC(OC)CC2)ccc1O. The van der Waals surface area contributed by atoms with Gasteiger partial charge in [-0.05, 0) is 49.3 Å². The minimum Gasteiger partial charge on any atom is -0.504 e. The molecule has 1 aliphatic rings. The van der Waals surface area contributed by atoms with Crippen LogP contribution in [0.5, 0.6) is 11.5 Å². The Morgan fingerprint density at radius 3 is 2.41 bits per heavy atom. The number of benzene rings is 1. The second kappa shape index (κ2) is 5.41. The molecule has 0 amide bonds. The van der Waals surface area contributed by atoms with Crippen LogP contribution in [0.2, 0.25) is 0 Å². The zero-order chi connectivity index (χ0) is 12.3. The molecule has 3 nitrogen and oxygen atoms in total. The van der Waals surface area contributed by atoms with Crippen LogP contribution in [0.25, 0.3) is 0 Å². The average Bonchev–Trinajstić information content (AvgIpc) is 2.39. The molecule has 0 unspecified atom stereocenters. The minimum atomic E-state index is 0.210. The third-order valence-electron chi connectivity index (χ3n) is 3.68. The Balaban J connectivity index is 2.08. The molecule has 0 heterocycles. The summed E-state index contributed by atoms with van der Waals surface area (Å²) in [4.78, 5) is 0. The van der Waals surface area contributed by atoms with Gasteiger partial charge in [0.25, 0.3) is 0 Å². The van der Waals surface area contributed by atoms with Gasteiger partial charge in [-0.25, -0.2) is 0 Å². The first kappa shape index (κ1) is 12.2. The first-order valence-corrected chi connectivity index (χ1v) is 6.14. The molecule has 0 atom stereocenters. The summed E-state index contributed by atoms with van der Waals surface area (Å²) in [6, 6.07) is 5.67. The second-order valence-electron chi connectivity index (χ2n) is 4.64. The zero-order valence-corrected chi connectivity index (χ0v) is 10.5. The molecule has 2 rings (SSSR count). The van der Waals surface area contributed by atoms with Gasteiger partial charge in [-0.1, -0.05) is 6.07 Å². The van der Waals surface area contributed by atoms with Gasteiger partial charge in [-0.3, -0.25) is 0 Å². The molecule has 94 valence electrons. The van der Waals surface area contributed by atoms with Crippen LogP contribution in [-0.4, -0.2) is 25.4 Å². The molecule has 1 fully saturated rings. The van der Waals surface area contributed by atoms with Gasteiger partial charge in [-0.15, -0.1) is 0 Å². The van der Waals surface area contributed by atoms with Gasteiger partial charge in [0.05, 0.1) is 13.2 Å². The molecule has 0 aromatic heterocycles. The maximum atomic E-state index is 9.57. The lowest BCUT2D eigenvalue weighted by Crippen LogP contribution is -2.19. The molecular weight excluding hydrogens is 216 g/mol. The van der Waals surface area contributed by atoms with Gasteiger partial charge in [0.15, 0.2) is 11.5 Å². The first-order chi connectivity index (χ1) is 8.24. The molecule has 0 radical (unpaired) electrons.